The predicted molar refractivity (Wildman–Crippen MR) is 110 cm³/mol. The van der Waals surface area contributed by atoms with Gasteiger partial charge in [0.1, 0.15) is 0 Å². The summed E-state index contributed by atoms with van der Waals surface area (Å²) < 4.78 is 2.24. The molecule has 0 spiro atoms. The minimum absolute atomic E-state index is 0.932. The molecule has 150 valence electrons. The fourth-order valence-corrected chi connectivity index (χ4v) is 3.42. The molecule has 8 heteroatoms. The number of benzene rings is 1. The second kappa shape index (κ2) is 10.0. The molecule has 7 nitrogen and oxygen atoms in total. The first-order valence-electron chi connectivity index (χ1n) is 8.99. The third kappa shape index (κ3) is 5.64. The van der Waals surface area contributed by atoms with Crippen molar-refractivity contribution in [2.45, 2.75) is 33.2 Å². The van der Waals surface area contributed by atoms with Gasteiger partial charge in [0.15, 0.2) is 4.96 Å². The van der Waals surface area contributed by atoms with Gasteiger partial charge >= 0.3 is 11.9 Å². The van der Waals surface area contributed by atoms with Gasteiger partial charge in [0, 0.05) is 23.7 Å². The van der Waals surface area contributed by atoms with Crippen LogP contribution >= 0.6 is 11.3 Å². The summed E-state index contributed by atoms with van der Waals surface area (Å²) in [6, 6.07) is 8.68. The third-order valence-electron chi connectivity index (χ3n) is 4.18. The van der Waals surface area contributed by atoms with Crippen molar-refractivity contribution >= 4 is 28.2 Å². The quantitative estimate of drug-likeness (QED) is 0.609. The average molecular weight is 404 g/mol. The Hall–Kier alpha value is -2.71. The molecule has 28 heavy (non-hydrogen) atoms. The normalized spacial score (nSPS) is 10.7. The van der Waals surface area contributed by atoms with Gasteiger partial charge in [-0.2, -0.15) is 0 Å². The number of aromatic nitrogens is 2. The molecular formula is C20H25N3O4S. The molecule has 2 heterocycles. The average Bonchev–Trinajstić information content (AvgIpc) is 3.24. The molecule has 0 unspecified atom stereocenters. The molecule has 0 radical (unpaired) electrons. The number of thiazole rings is 1. The van der Waals surface area contributed by atoms with E-state index in [4.69, 9.17) is 24.8 Å². The molecule has 2 aromatic heterocycles. The highest BCUT2D eigenvalue weighted by Gasteiger charge is 2.16. The van der Waals surface area contributed by atoms with Crippen molar-refractivity contribution in [2.75, 3.05) is 13.6 Å². The van der Waals surface area contributed by atoms with E-state index in [0.29, 0.717) is 0 Å². The van der Waals surface area contributed by atoms with E-state index in [1.807, 2.05) is 0 Å². The lowest BCUT2D eigenvalue weighted by atomic mass is 10.1. The van der Waals surface area contributed by atoms with Crippen molar-refractivity contribution < 1.29 is 19.8 Å². The van der Waals surface area contributed by atoms with E-state index in [9.17, 15) is 0 Å². The topological polar surface area (TPSA) is 95.1 Å². The van der Waals surface area contributed by atoms with Crippen molar-refractivity contribution in [1.29, 1.82) is 0 Å². The van der Waals surface area contributed by atoms with Crippen LogP contribution in [0.25, 0.3) is 16.2 Å². The van der Waals surface area contributed by atoms with Crippen LogP contribution in [0.3, 0.4) is 0 Å². The van der Waals surface area contributed by atoms with Crippen LogP contribution in [0.4, 0.5) is 0 Å². The largest absolute Gasteiger partial charge is 0.473 e. The Kier molecular flexibility index (Phi) is 7.71. The Labute approximate surface area is 167 Å². The summed E-state index contributed by atoms with van der Waals surface area (Å²) in [6.45, 7) is 6.42. The molecule has 0 aliphatic rings. The first-order valence-corrected chi connectivity index (χ1v) is 9.87. The molecule has 0 bridgehead atoms. The highest BCUT2D eigenvalue weighted by Crippen LogP contribution is 2.27. The van der Waals surface area contributed by atoms with Gasteiger partial charge in [0.25, 0.3) is 0 Å². The SMILES string of the molecule is CCCCN(C)Cc1c(-c2ccc(C)cc2)nc2sccn12.O=C(O)C(=O)O. The lowest BCUT2D eigenvalue weighted by Crippen LogP contribution is -2.20. The summed E-state index contributed by atoms with van der Waals surface area (Å²) in [6.07, 6.45) is 4.60. The van der Waals surface area contributed by atoms with Gasteiger partial charge in [-0.1, -0.05) is 43.2 Å². The van der Waals surface area contributed by atoms with Gasteiger partial charge < -0.3 is 15.1 Å². The second-order valence-electron chi connectivity index (χ2n) is 6.53. The number of nitrogens with zero attached hydrogens (tertiary/aromatic N) is 3. The number of carboxylic acids is 2. The van der Waals surface area contributed by atoms with Gasteiger partial charge in [-0.25, -0.2) is 14.6 Å². The molecule has 0 saturated carbocycles. The molecule has 0 fully saturated rings. The lowest BCUT2D eigenvalue weighted by Gasteiger charge is -2.16. The molecule has 3 aromatic rings. The molecule has 2 N–H and O–H groups in total. The molecule has 1 aromatic carbocycles. The summed E-state index contributed by atoms with van der Waals surface area (Å²) in [5.41, 5.74) is 4.90. The fourth-order valence-electron chi connectivity index (χ4n) is 2.69. The minimum atomic E-state index is -1.82. The standard InChI is InChI=1S/C18H23N3S.C2H2O4/c1-4-5-10-20(3)13-16-17(15-8-6-14(2)7-9-15)19-18-21(16)11-12-22-18;3-1(4)2(5)6/h6-9,11-12H,4-5,10,13H2,1-3H3;(H,3,4)(H,5,6). The van der Waals surface area contributed by atoms with E-state index in [1.54, 1.807) is 11.3 Å². The van der Waals surface area contributed by atoms with Crippen LogP contribution in [-0.2, 0) is 16.1 Å². The summed E-state index contributed by atoms with van der Waals surface area (Å²) in [5, 5.41) is 16.9. The molecular weight excluding hydrogens is 378 g/mol. The van der Waals surface area contributed by atoms with Crippen molar-refractivity contribution in [2.24, 2.45) is 0 Å². The van der Waals surface area contributed by atoms with E-state index in [0.717, 1.165) is 23.7 Å². The summed E-state index contributed by atoms with van der Waals surface area (Å²) in [5.74, 6) is -3.65. The van der Waals surface area contributed by atoms with Gasteiger partial charge in [-0.15, -0.1) is 11.3 Å². The van der Waals surface area contributed by atoms with Gasteiger partial charge in [-0.05, 0) is 26.9 Å². The van der Waals surface area contributed by atoms with Crippen LogP contribution in [0, 0.1) is 6.92 Å². The van der Waals surface area contributed by atoms with Crippen LogP contribution < -0.4 is 0 Å². The first-order chi connectivity index (χ1) is 13.3. The number of unbranched alkanes of at least 4 members (excludes halogenated alkanes) is 1. The Balaban J connectivity index is 0.000000409. The maximum absolute atomic E-state index is 9.10. The summed E-state index contributed by atoms with van der Waals surface area (Å²) >= 11 is 1.70. The maximum atomic E-state index is 9.10. The molecule has 3 rings (SSSR count). The minimum Gasteiger partial charge on any atom is -0.473 e. The number of carboxylic acid groups (broad SMARTS) is 2. The van der Waals surface area contributed by atoms with Crippen molar-refractivity contribution in [1.82, 2.24) is 14.3 Å². The lowest BCUT2D eigenvalue weighted by molar-refractivity contribution is -0.159. The van der Waals surface area contributed by atoms with Crippen LogP contribution in [0.15, 0.2) is 35.8 Å². The summed E-state index contributed by atoms with van der Waals surface area (Å²) in [4.78, 5) is 26.5. The molecule has 0 saturated heterocycles. The van der Waals surface area contributed by atoms with Crippen molar-refractivity contribution in [3.63, 3.8) is 0 Å². The van der Waals surface area contributed by atoms with Crippen LogP contribution in [-0.4, -0.2) is 50.0 Å². The van der Waals surface area contributed by atoms with Crippen LogP contribution in [0.1, 0.15) is 31.0 Å². The maximum Gasteiger partial charge on any atom is 0.414 e. The smallest absolute Gasteiger partial charge is 0.414 e. The molecule has 0 atom stereocenters. The van der Waals surface area contributed by atoms with E-state index in [1.165, 1.54) is 29.7 Å². The fraction of sp³-hybridized carbons (Fsp3) is 0.350. The second-order valence-corrected chi connectivity index (χ2v) is 7.40. The Bertz CT molecular complexity index is 919. The van der Waals surface area contributed by atoms with Crippen LogP contribution in [0.2, 0.25) is 0 Å². The number of fused-ring (bicyclic) bond motifs is 1. The number of aliphatic carboxylic acids is 2. The van der Waals surface area contributed by atoms with Gasteiger partial charge in [0.2, 0.25) is 0 Å². The Morgan fingerprint density at radius 2 is 1.82 bits per heavy atom. The first kappa shape index (κ1) is 21.6. The van der Waals surface area contributed by atoms with Gasteiger partial charge in [0.05, 0.1) is 11.4 Å². The van der Waals surface area contributed by atoms with Crippen LogP contribution in [0.5, 0.6) is 0 Å². The number of hydrogen-bond donors (Lipinski definition) is 2. The number of hydrogen-bond acceptors (Lipinski definition) is 5. The zero-order chi connectivity index (χ0) is 20.7. The third-order valence-corrected chi connectivity index (χ3v) is 4.94. The molecule has 0 aliphatic carbocycles. The summed E-state index contributed by atoms with van der Waals surface area (Å²) in [7, 11) is 2.19. The number of aryl methyl sites for hydroxylation is 1. The highest BCUT2D eigenvalue weighted by atomic mass is 32.1. The highest BCUT2D eigenvalue weighted by molar-refractivity contribution is 7.15. The van der Waals surface area contributed by atoms with E-state index in [-0.39, 0.29) is 0 Å². The van der Waals surface area contributed by atoms with Gasteiger partial charge in [-0.3, -0.25) is 4.40 Å². The van der Waals surface area contributed by atoms with E-state index < -0.39 is 11.9 Å². The van der Waals surface area contributed by atoms with Crippen molar-refractivity contribution in [3.05, 3.63) is 47.1 Å². The zero-order valence-corrected chi connectivity index (χ0v) is 17.1. The Morgan fingerprint density at radius 1 is 1.18 bits per heavy atom. The Morgan fingerprint density at radius 3 is 2.39 bits per heavy atom. The zero-order valence-electron chi connectivity index (χ0n) is 16.3. The van der Waals surface area contributed by atoms with E-state index in [2.05, 4.69) is 66.0 Å². The number of imidazole rings is 1. The number of rotatable bonds is 6. The monoisotopic (exact) mass is 403 g/mol. The van der Waals surface area contributed by atoms with E-state index >= 15 is 0 Å². The predicted octanol–water partition coefficient (Wildman–Crippen LogP) is 3.76. The number of carbonyl (C=O) groups is 2. The van der Waals surface area contributed by atoms with Crippen molar-refractivity contribution in [3.8, 4) is 11.3 Å². The molecule has 0 amide bonds. The molecule has 0 aliphatic heterocycles.